The molecule has 0 saturated heterocycles. The van der Waals surface area contributed by atoms with Gasteiger partial charge in [-0.15, -0.1) is 0 Å². The molecule has 0 aliphatic rings. The molecular weight excluding hydrogens is 324 g/mol. The van der Waals surface area contributed by atoms with Gasteiger partial charge in [0.05, 0.1) is 10.9 Å². The van der Waals surface area contributed by atoms with Gasteiger partial charge in [0.1, 0.15) is 0 Å². The Labute approximate surface area is 133 Å². The number of rotatable bonds is 2. The van der Waals surface area contributed by atoms with E-state index in [2.05, 4.69) is 82.6 Å². The number of aromatic amines is 1. The summed E-state index contributed by atoms with van der Waals surface area (Å²) < 4.78 is 2.23. The number of pyridine rings is 1. The maximum atomic E-state index is 3.46. The first-order valence-corrected chi connectivity index (χ1v) is 6.83. The highest BCUT2D eigenvalue weighted by atomic mass is 79.9. The lowest BCUT2D eigenvalue weighted by molar-refractivity contribution is -0.687. The van der Waals surface area contributed by atoms with Gasteiger partial charge in [-0.05, 0) is 6.07 Å². The number of para-hydroxylation sites is 1. The first kappa shape index (κ1) is 13.8. The average molecular weight is 339 g/mol. The van der Waals surface area contributed by atoms with E-state index in [0.717, 1.165) is 6.54 Å². The summed E-state index contributed by atoms with van der Waals surface area (Å²) in [7, 11) is 0. The van der Waals surface area contributed by atoms with Crippen LogP contribution in [0.4, 0.5) is 0 Å². The van der Waals surface area contributed by atoms with E-state index >= 15 is 0 Å². The normalized spacial score (nSPS) is 10.7. The van der Waals surface area contributed by atoms with Gasteiger partial charge in [-0.2, -0.15) is 0 Å². The third kappa shape index (κ3) is 2.57. The molecule has 0 bridgehead atoms. The minimum absolute atomic E-state index is 0. The molecule has 0 saturated carbocycles. The van der Waals surface area contributed by atoms with Crippen LogP contribution in [-0.4, -0.2) is 4.98 Å². The second-order valence-electron chi connectivity index (χ2n) is 5.10. The van der Waals surface area contributed by atoms with Crippen molar-refractivity contribution in [3.63, 3.8) is 0 Å². The molecule has 2 nitrogen and oxygen atoms in total. The number of nitrogens with one attached hydrogen (secondary N) is 1. The minimum atomic E-state index is 0. The standard InChI is InChI=1S/C18H14N2.BrH/c1-2-6-14(7-3-1)12-20-11-10-18-16(13-20)15-8-4-5-9-17(15)19-18;/h1-11,13H,12H2;1H. The Balaban J connectivity index is 0.00000132. The van der Waals surface area contributed by atoms with Crippen molar-refractivity contribution in [1.82, 2.24) is 4.98 Å². The first-order chi connectivity index (χ1) is 9.90. The monoisotopic (exact) mass is 338 g/mol. The molecule has 0 aliphatic carbocycles. The van der Waals surface area contributed by atoms with E-state index in [4.69, 9.17) is 0 Å². The molecule has 2 aromatic carbocycles. The largest absolute Gasteiger partial charge is 1.00 e. The van der Waals surface area contributed by atoms with Crippen molar-refractivity contribution in [2.24, 2.45) is 0 Å². The van der Waals surface area contributed by atoms with Crippen molar-refractivity contribution in [3.8, 4) is 0 Å². The van der Waals surface area contributed by atoms with Crippen LogP contribution in [0.1, 0.15) is 5.56 Å². The Hall–Kier alpha value is -2.13. The van der Waals surface area contributed by atoms with Crippen LogP contribution >= 0.6 is 0 Å². The molecule has 21 heavy (non-hydrogen) atoms. The van der Waals surface area contributed by atoms with Gasteiger partial charge in [0.15, 0.2) is 18.9 Å². The lowest BCUT2D eigenvalue weighted by atomic mass is 10.2. The van der Waals surface area contributed by atoms with Crippen molar-refractivity contribution >= 4 is 21.8 Å². The van der Waals surface area contributed by atoms with E-state index in [1.165, 1.54) is 27.4 Å². The molecule has 0 radical (unpaired) electrons. The molecule has 0 amide bonds. The number of halogens is 1. The second-order valence-corrected chi connectivity index (χ2v) is 5.10. The van der Waals surface area contributed by atoms with Crippen LogP contribution in [-0.2, 0) is 6.54 Å². The van der Waals surface area contributed by atoms with E-state index < -0.39 is 0 Å². The van der Waals surface area contributed by atoms with Crippen molar-refractivity contribution < 1.29 is 21.5 Å². The molecule has 0 fully saturated rings. The van der Waals surface area contributed by atoms with Crippen LogP contribution in [0.5, 0.6) is 0 Å². The third-order valence-electron chi connectivity index (χ3n) is 3.71. The van der Waals surface area contributed by atoms with Crippen molar-refractivity contribution in [3.05, 3.63) is 78.6 Å². The Bertz CT molecular complexity index is 881. The maximum absolute atomic E-state index is 3.46. The summed E-state index contributed by atoms with van der Waals surface area (Å²) in [5.74, 6) is 0. The average Bonchev–Trinajstić information content (AvgIpc) is 2.86. The van der Waals surface area contributed by atoms with Gasteiger partial charge in [-0.1, -0.05) is 48.5 Å². The fraction of sp³-hybridized carbons (Fsp3) is 0.0556. The lowest BCUT2D eigenvalue weighted by Gasteiger charge is -1.97. The maximum Gasteiger partial charge on any atom is 0.179 e. The Morgan fingerprint density at radius 2 is 1.48 bits per heavy atom. The molecular formula is C18H15BrN2. The summed E-state index contributed by atoms with van der Waals surface area (Å²) in [5, 5.41) is 2.56. The summed E-state index contributed by atoms with van der Waals surface area (Å²) in [6.07, 6.45) is 4.35. The zero-order valence-electron chi connectivity index (χ0n) is 11.5. The van der Waals surface area contributed by atoms with Crippen LogP contribution in [0.25, 0.3) is 21.8 Å². The number of benzene rings is 2. The zero-order valence-corrected chi connectivity index (χ0v) is 13.0. The number of hydrogen-bond acceptors (Lipinski definition) is 0. The Morgan fingerprint density at radius 1 is 0.762 bits per heavy atom. The van der Waals surface area contributed by atoms with Gasteiger partial charge >= 0.3 is 0 Å². The zero-order chi connectivity index (χ0) is 13.4. The highest BCUT2D eigenvalue weighted by Crippen LogP contribution is 2.23. The molecule has 1 N–H and O–H groups in total. The van der Waals surface area contributed by atoms with Gasteiger partial charge in [0, 0.05) is 22.5 Å². The molecule has 2 heterocycles. The van der Waals surface area contributed by atoms with Crippen LogP contribution in [0.2, 0.25) is 0 Å². The van der Waals surface area contributed by atoms with E-state index in [9.17, 15) is 0 Å². The molecule has 104 valence electrons. The van der Waals surface area contributed by atoms with E-state index in [1.54, 1.807) is 0 Å². The number of aromatic nitrogens is 2. The Morgan fingerprint density at radius 3 is 2.33 bits per heavy atom. The smallest absolute Gasteiger partial charge is 0.179 e. The number of hydrogen-bond donors (Lipinski definition) is 1. The predicted molar refractivity (Wildman–Crippen MR) is 81.5 cm³/mol. The fourth-order valence-electron chi connectivity index (χ4n) is 2.73. The van der Waals surface area contributed by atoms with E-state index in [-0.39, 0.29) is 17.0 Å². The van der Waals surface area contributed by atoms with Gasteiger partial charge < -0.3 is 22.0 Å². The SMILES string of the molecule is [Br-].c1ccc(C[n+]2ccc3[nH]c4ccccc4c3c2)cc1. The number of H-pyrrole nitrogens is 1. The van der Waals surface area contributed by atoms with Crippen LogP contribution in [0.3, 0.4) is 0 Å². The van der Waals surface area contributed by atoms with Gasteiger partial charge in [-0.25, -0.2) is 4.57 Å². The molecule has 0 unspecified atom stereocenters. The van der Waals surface area contributed by atoms with Crippen molar-refractivity contribution in [2.75, 3.05) is 0 Å². The molecule has 3 heteroatoms. The third-order valence-corrected chi connectivity index (χ3v) is 3.71. The molecule has 0 aliphatic heterocycles. The molecule has 0 spiro atoms. The van der Waals surface area contributed by atoms with Gasteiger partial charge in [0.25, 0.3) is 0 Å². The lowest BCUT2D eigenvalue weighted by Crippen LogP contribution is -3.00. The van der Waals surface area contributed by atoms with Crippen LogP contribution < -0.4 is 21.5 Å². The van der Waals surface area contributed by atoms with Crippen molar-refractivity contribution in [1.29, 1.82) is 0 Å². The topological polar surface area (TPSA) is 19.7 Å². The molecule has 0 atom stereocenters. The van der Waals surface area contributed by atoms with E-state index in [0.29, 0.717) is 0 Å². The summed E-state index contributed by atoms with van der Waals surface area (Å²) in [5.41, 5.74) is 3.70. The summed E-state index contributed by atoms with van der Waals surface area (Å²) in [4.78, 5) is 3.46. The van der Waals surface area contributed by atoms with Gasteiger partial charge in [-0.3, -0.25) is 0 Å². The summed E-state index contributed by atoms with van der Waals surface area (Å²) >= 11 is 0. The minimum Gasteiger partial charge on any atom is -1.00 e. The first-order valence-electron chi connectivity index (χ1n) is 6.83. The highest BCUT2D eigenvalue weighted by Gasteiger charge is 2.09. The summed E-state index contributed by atoms with van der Waals surface area (Å²) in [6.45, 7) is 0.899. The van der Waals surface area contributed by atoms with E-state index in [1.807, 2.05) is 0 Å². The number of nitrogens with zero attached hydrogens (tertiary/aromatic N) is 1. The fourth-order valence-corrected chi connectivity index (χ4v) is 2.73. The molecule has 4 rings (SSSR count). The summed E-state index contributed by atoms with van der Waals surface area (Å²) in [6, 6.07) is 21.1. The number of fused-ring (bicyclic) bond motifs is 3. The molecule has 2 aromatic heterocycles. The quantitative estimate of drug-likeness (QED) is 0.518. The van der Waals surface area contributed by atoms with Crippen LogP contribution in [0, 0.1) is 0 Å². The van der Waals surface area contributed by atoms with Gasteiger partial charge in [0.2, 0.25) is 0 Å². The predicted octanol–water partition coefficient (Wildman–Crippen LogP) is 0.661. The highest BCUT2D eigenvalue weighted by molar-refractivity contribution is 6.06. The van der Waals surface area contributed by atoms with Crippen LogP contribution in [0.15, 0.2) is 73.1 Å². The second kappa shape index (κ2) is 5.70. The van der Waals surface area contributed by atoms with Crippen molar-refractivity contribution in [2.45, 2.75) is 6.54 Å². The Kier molecular flexibility index (Phi) is 3.76. The molecule has 4 aromatic rings.